The molecule has 4 heteroatoms. The van der Waals surface area contributed by atoms with Gasteiger partial charge in [0.25, 0.3) is 11.5 Å². The lowest BCUT2D eigenvalue weighted by atomic mass is 9.92. The highest BCUT2D eigenvalue weighted by Gasteiger charge is 2.31. The second kappa shape index (κ2) is 4.59. The van der Waals surface area contributed by atoms with Crippen LogP contribution in [0.4, 0.5) is 0 Å². The first kappa shape index (κ1) is 12.9. The Morgan fingerprint density at radius 1 is 1.50 bits per heavy atom. The molecule has 1 unspecified atom stereocenters. The Bertz CT molecular complexity index is 517. The molecule has 2 rings (SSSR count). The fourth-order valence-electron chi connectivity index (χ4n) is 2.52. The summed E-state index contributed by atoms with van der Waals surface area (Å²) in [5.41, 5.74) is 0.599. The molecule has 1 N–H and O–H groups in total. The molecule has 1 aromatic rings. The lowest BCUT2D eigenvalue weighted by molar-refractivity contribution is 0.0935. The van der Waals surface area contributed by atoms with E-state index in [1.165, 1.54) is 10.6 Å². The summed E-state index contributed by atoms with van der Waals surface area (Å²) < 4.78 is 1.45. The number of carbonyl (C=O) groups is 1. The van der Waals surface area contributed by atoms with Crippen LogP contribution in [0, 0.1) is 5.41 Å². The Morgan fingerprint density at radius 2 is 2.22 bits per heavy atom. The Labute approximate surface area is 107 Å². The van der Waals surface area contributed by atoms with Crippen LogP contribution in [0.2, 0.25) is 0 Å². The van der Waals surface area contributed by atoms with Gasteiger partial charge in [-0.15, -0.1) is 0 Å². The minimum Gasteiger partial charge on any atom is -0.349 e. The third-order valence-corrected chi connectivity index (χ3v) is 3.67. The van der Waals surface area contributed by atoms with Crippen LogP contribution in [-0.4, -0.2) is 16.5 Å². The number of hydrogen-bond acceptors (Lipinski definition) is 2. The third kappa shape index (κ3) is 2.81. The summed E-state index contributed by atoms with van der Waals surface area (Å²) in [6, 6.07) is 3.29. The normalized spacial score (nSPS) is 21.8. The standard InChI is InChI=1S/C14H20N2O2/c1-14(2)6-4-11(9-14)15-13(18)10-5-7-16(3)12(17)8-10/h5,7-8,11H,4,6,9H2,1-3H3,(H,15,18). The molecule has 1 aliphatic carbocycles. The van der Waals surface area contributed by atoms with Crippen molar-refractivity contribution >= 4 is 5.91 Å². The number of pyridine rings is 1. The lowest BCUT2D eigenvalue weighted by Crippen LogP contribution is -2.34. The Morgan fingerprint density at radius 3 is 2.78 bits per heavy atom. The van der Waals surface area contributed by atoms with Crippen molar-refractivity contribution in [2.24, 2.45) is 12.5 Å². The molecule has 98 valence electrons. The molecule has 0 aromatic carbocycles. The maximum absolute atomic E-state index is 12.0. The first-order valence-electron chi connectivity index (χ1n) is 6.35. The maximum Gasteiger partial charge on any atom is 0.251 e. The summed E-state index contributed by atoms with van der Waals surface area (Å²) >= 11 is 0. The van der Waals surface area contributed by atoms with Gasteiger partial charge in [-0.05, 0) is 30.7 Å². The van der Waals surface area contributed by atoms with Gasteiger partial charge in [-0.3, -0.25) is 9.59 Å². The van der Waals surface area contributed by atoms with Crippen molar-refractivity contribution in [1.82, 2.24) is 9.88 Å². The molecule has 4 nitrogen and oxygen atoms in total. The first-order valence-corrected chi connectivity index (χ1v) is 6.35. The number of carbonyl (C=O) groups excluding carboxylic acids is 1. The Balaban J connectivity index is 2.04. The van der Waals surface area contributed by atoms with Gasteiger partial charge in [0.2, 0.25) is 0 Å². The van der Waals surface area contributed by atoms with Crippen molar-refractivity contribution in [3.63, 3.8) is 0 Å². The molecule has 0 saturated heterocycles. The van der Waals surface area contributed by atoms with E-state index in [0.29, 0.717) is 11.0 Å². The molecule has 0 bridgehead atoms. The average molecular weight is 248 g/mol. The van der Waals surface area contributed by atoms with E-state index in [4.69, 9.17) is 0 Å². The number of amides is 1. The van der Waals surface area contributed by atoms with E-state index in [2.05, 4.69) is 19.2 Å². The smallest absolute Gasteiger partial charge is 0.251 e. The van der Waals surface area contributed by atoms with E-state index in [1.54, 1.807) is 19.3 Å². The van der Waals surface area contributed by atoms with Crippen molar-refractivity contribution < 1.29 is 4.79 Å². The zero-order chi connectivity index (χ0) is 13.3. The molecule has 1 amide bonds. The van der Waals surface area contributed by atoms with Gasteiger partial charge in [0.15, 0.2) is 0 Å². The Kier molecular flexibility index (Phi) is 3.28. The molecule has 1 aliphatic rings. The molecule has 18 heavy (non-hydrogen) atoms. The lowest BCUT2D eigenvalue weighted by Gasteiger charge is -2.17. The molecule has 0 radical (unpaired) electrons. The average Bonchev–Trinajstić information content (AvgIpc) is 2.62. The summed E-state index contributed by atoms with van der Waals surface area (Å²) in [7, 11) is 1.67. The van der Waals surface area contributed by atoms with Crippen LogP contribution in [-0.2, 0) is 7.05 Å². The van der Waals surface area contributed by atoms with E-state index in [0.717, 1.165) is 19.3 Å². The maximum atomic E-state index is 12.0. The first-order chi connectivity index (χ1) is 8.37. The number of aryl methyl sites for hydroxylation is 1. The molecule has 1 aromatic heterocycles. The van der Waals surface area contributed by atoms with Crippen LogP contribution in [0.25, 0.3) is 0 Å². The predicted molar refractivity (Wildman–Crippen MR) is 70.6 cm³/mol. The van der Waals surface area contributed by atoms with Gasteiger partial charge in [-0.25, -0.2) is 0 Å². The minimum atomic E-state index is -0.158. The van der Waals surface area contributed by atoms with Gasteiger partial charge in [-0.2, -0.15) is 0 Å². The SMILES string of the molecule is Cn1ccc(C(=O)NC2CCC(C)(C)C2)cc1=O. The summed E-state index contributed by atoms with van der Waals surface area (Å²) in [4.78, 5) is 23.5. The zero-order valence-electron chi connectivity index (χ0n) is 11.2. The molecule has 1 atom stereocenters. The van der Waals surface area contributed by atoms with Crippen molar-refractivity contribution in [1.29, 1.82) is 0 Å². The van der Waals surface area contributed by atoms with Crippen LogP contribution >= 0.6 is 0 Å². The van der Waals surface area contributed by atoms with E-state index in [1.807, 2.05) is 0 Å². The van der Waals surface area contributed by atoms with Gasteiger partial charge >= 0.3 is 0 Å². The van der Waals surface area contributed by atoms with Crippen molar-refractivity contribution in [3.05, 3.63) is 34.2 Å². The summed E-state index contributed by atoms with van der Waals surface area (Å²) in [5.74, 6) is -0.143. The summed E-state index contributed by atoms with van der Waals surface area (Å²) in [5, 5.41) is 3.01. The van der Waals surface area contributed by atoms with E-state index in [9.17, 15) is 9.59 Å². The summed E-state index contributed by atoms with van der Waals surface area (Å²) in [6.45, 7) is 4.44. The molecular weight excluding hydrogens is 228 g/mol. The second-order valence-electron chi connectivity index (χ2n) is 5.94. The van der Waals surface area contributed by atoms with Gasteiger partial charge in [0.1, 0.15) is 0 Å². The highest BCUT2D eigenvalue weighted by molar-refractivity contribution is 5.94. The predicted octanol–water partition coefficient (Wildman–Crippen LogP) is 1.69. The van der Waals surface area contributed by atoms with Crippen LogP contribution in [0.15, 0.2) is 23.1 Å². The molecule has 1 saturated carbocycles. The molecule has 0 spiro atoms. The fraction of sp³-hybridized carbons (Fsp3) is 0.571. The summed E-state index contributed by atoms with van der Waals surface area (Å²) in [6.07, 6.45) is 4.78. The van der Waals surface area contributed by atoms with Gasteiger partial charge in [-0.1, -0.05) is 13.8 Å². The van der Waals surface area contributed by atoms with Crippen molar-refractivity contribution in [2.45, 2.75) is 39.2 Å². The van der Waals surface area contributed by atoms with E-state index < -0.39 is 0 Å². The van der Waals surface area contributed by atoms with Crippen LogP contribution in [0.1, 0.15) is 43.5 Å². The van der Waals surface area contributed by atoms with Gasteiger partial charge < -0.3 is 9.88 Å². The number of rotatable bonds is 2. The molecule has 1 heterocycles. The number of aromatic nitrogens is 1. The monoisotopic (exact) mass is 248 g/mol. The highest BCUT2D eigenvalue weighted by Crippen LogP contribution is 2.36. The largest absolute Gasteiger partial charge is 0.349 e. The van der Waals surface area contributed by atoms with Gasteiger partial charge in [0.05, 0.1) is 0 Å². The fourth-order valence-corrected chi connectivity index (χ4v) is 2.52. The molecule has 1 fully saturated rings. The number of nitrogens with one attached hydrogen (secondary N) is 1. The van der Waals surface area contributed by atoms with Crippen LogP contribution in [0.3, 0.4) is 0 Å². The van der Waals surface area contributed by atoms with E-state index >= 15 is 0 Å². The number of hydrogen-bond donors (Lipinski definition) is 1. The van der Waals surface area contributed by atoms with Crippen LogP contribution in [0.5, 0.6) is 0 Å². The second-order valence-corrected chi connectivity index (χ2v) is 5.94. The topological polar surface area (TPSA) is 51.1 Å². The molecular formula is C14H20N2O2. The number of nitrogens with zero attached hydrogens (tertiary/aromatic N) is 1. The van der Waals surface area contributed by atoms with Crippen molar-refractivity contribution in [3.8, 4) is 0 Å². The highest BCUT2D eigenvalue weighted by atomic mass is 16.2. The Hall–Kier alpha value is -1.58. The molecule has 0 aliphatic heterocycles. The van der Waals surface area contributed by atoms with E-state index in [-0.39, 0.29) is 17.5 Å². The zero-order valence-corrected chi connectivity index (χ0v) is 11.2. The van der Waals surface area contributed by atoms with Crippen molar-refractivity contribution in [2.75, 3.05) is 0 Å². The van der Waals surface area contributed by atoms with Gasteiger partial charge in [0, 0.05) is 30.9 Å². The quantitative estimate of drug-likeness (QED) is 0.866. The minimum absolute atomic E-state index is 0.143. The van der Waals surface area contributed by atoms with Crippen LogP contribution < -0.4 is 10.9 Å². The third-order valence-electron chi connectivity index (χ3n) is 3.67.